The van der Waals surface area contributed by atoms with Crippen molar-refractivity contribution in [3.8, 4) is 5.97 Å². The lowest BCUT2D eigenvalue weighted by Crippen LogP contribution is -2.28. The van der Waals surface area contributed by atoms with Crippen LogP contribution in [0.2, 0.25) is 12.6 Å². The first-order chi connectivity index (χ1) is 14.5. The fourth-order valence-corrected chi connectivity index (χ4v) is 5.54. The largest absolute Gasteiger partial charge is 0.318 e. The summed E-state index contributed by atoms with van der Waals surface area (Å²) in [4.78, 5) is 0. The second-order valence-corrected chi connectivity index (χ2v) is 9.52. The van der Waals surface area contributed by atoms with Crippen molar-refractivity contribution in [2.45, 2.75) is 44.2 Å². The van der Waals surface area contributed by atoms with E-state index in [-0.39, 0.29) is 17.4 Å². The van der Waals surface area contributed by atoms with Gasteiger partial charge in [0.05, 0.1) is 6.54 Å². The van der Waals surface area contributed by atoms with Gasteiger partial charge in [-0.25, -0.2) is 5.26 Å². The first-order valence-electron chi connectivity index (χ1n) is 10.4. The molecule has 1 fully saturated rings. The molecule has 0 amide bonds. The van der Waals surface area contributed by atoms with E-state index in [2.05, 4.69) is 89.4 Å². The van der Waals surface area contributed by atoms with E-state index in [4.69, 9.17) is 0 Å². The fraction of sp³-hybridized carbons (Fsp3) is 0.333. The topological polar surface area (TPSA) is 65.1 Å². The number of hydrogen-bond donors (Lipinski definition) is 2. The molecule has 2 aromatic carbocycles. The zero-order valence-corrected chi connectivity index (χ0v) is 19.0. The molecule has 30 heavy (non-hydrogen) atoms. The van der Waals surface area contributed by atoms with Crippen molar-refractivity contribution in [2.24, 2.45) is 5.84 Å². The molecule has 0 aromatic heterocycles. The molecule has 0 spiro atoms. The molecule has 0 aliphatic carbocycles. The number of aryl methyl sites for hydroxylation is 1. The first kappa shape index (κ1) is 23.9. The minimum absolute atomic E-state index is 0.124. The molecule has 3 N–H and O–H groups in total. The maximum absolute atomic E-state index is 9.19. The van der Waals surface area contributed by atoms with Crippen LogP contribution in [0.4, 0.5) is 5.69 Å². The Hall–Kier alpha value is -2.33. The Balaban J connectivity index is 0.00000101. The van der Waals surface area contributed by atoms with Crippen molar-refractivity contribution in [2.75, 3.05) is 11.4 Å². The van der Waals surface area contributed by atoms with Gasteiger partial charge in [-0.1, -0.05) is 78.2 Å². The van der Waals surface area contributed by atoms with Gasteiger partial charge in [0, 0.05) is 16.9 Å². The van der Waals surface area contributed by atoms with Crippen molar-refractivity contribution in [3.63, 3.8) is 0 Å². The number of hydrogen-bond acceptors (Lipinski definition) is 4. The molecule has 1 unspecified atom stereocenters. The molecular weight excluding hydrogens is 387 g/mol. The molecule has 1 saturated heterocycles. The predicted octanol–water partition coefficient (Wildman–Crippen LogP) is 5.06. The molecule has 2 aromatic rings. The summed E-state index contributed by atoms with van der Waals surface area (Å²) in [5.74, 6) is 11.6. The lowest BCUT2D eigenvalue weighted by atomic mass is 9.43. The Kier molecular flexibility index (Phi) is 9.89. The van der Waals surface area contributed by atoms with E-state index in [0.29, 0.717) is 5.25 Å². The number of anilines is 1. The van der Waals surface area contributed by atoms with E-state index in [1.54, 1.807) is 7.05 Å². The Morgan fingerprint density at radius 1 is 1.27 bits per heavy atom. The van der Waals surface area contributed by atoms with E-state index in [0.717, 1.165) is 37.6 Å². The second-order valence-electron chi connectivity index (χ2n) is 7.61. The molecule has 1 atom stereocenters. The van der Waals surface area contributed by atoms with Gasteiger partial charge in [0.1, 0.15) is 0 Å². The molecule has 0 radical (unpaired) electrons. The number of rotatable bonds is 6. The summed E-state index contributed by atoms with van der Waals surface area (Å²) in [5.41, 5.74) is 7.19. The predicted molar refractivity (Wildman–Crippen MR) is 136 cm³/mol. The third-order valence-electron chi connectivity index (χ3n) is 5.36. The summed E-state index contributed by atoms with van der Waals surface area (Å²) in [5, 5.41) is 9.75. The highest BCUT2D eigenvalue weighted by Gasteiger charge is 2.27. The van der Waals surface area contributed by atoms with E-state index in [1.165, 1.54) is 16.8 Å². The van der Waals surface area contributed by atoms with Gasteiger partial charge >= 0.3 is 0 Å². The van der Waals surface area contributed by atoms with Crippen LogP contribution in [0.15, 0.2) is 55.1 Å². The highest BCUT2D eigenvalue weighted by Crippen LogP contribution is 2.39. The number of hydrazine groups is 1. The minimum Gasteiger partial charge on any atom is -0.318 e. The van der Waals surface area contributed by atoms with Gasteiger partial charge in [0.15, 0.2) is 0 Å². The summed E-state index contributed by atoms with van der Waals surface area (Å²) >= 11 is 0. The van der Waals surface area contributed by atoms with Gasteiger partial charge in [-0.2, -0.15) is 0 Å². The maximum Gasteiger partial charge on any atom is 0.267 e. The smallest absolute Gasteiger partial charge is 0.267 e. The highest BCUT2D eigenvalue weighted by atomic mass is 32.2. The molecule has 6 heteroatoms. The van der Waals surface area contributed by atoms with Crippen molar-refractivity contribution in [1.29, 1.82) is 5.26 Å². The summed E-state index contributed by atoms with van der Waals surface area (Å²) in [6.45, 7) is 7.06. The van der Waals surface area contributed by atoms with Crippen molar-refractivity contribution in [1.82, 2.24) is 5.43 Å². The van der Waals surface area contributed by atoms with Crippen LogP contribution in [0, 0.1) is 18.2 Å². The van der Waals surface area contributed by atoms with Crippen LogP contribution >= 0.6 is 10.7 Å². The van der Waals surface area contributed by atoms with Crippen LogP contribution in [0.1, 0.15) is 29.5 Å². The van der Waals surface area contributed by atoms with Crippen LogP contribution in [-0.4, -0.2) is 24.9 Å². The number of nitrogens with one attached hydrogen (secondary N) is 1. The van der Waals surface area contributed by atoms with E-state index < -0.39 is 0 Å². The number of nitriles is 1. The van der Waals surface area contributed by atoms with E-state index in [1.807, 2.05) is 6.08 Å². The maximum atomic E-state index is 9.19. The Morgan fingerprint density at radius 2 is 1.90 bits per heavy atom. The lowest BCUT2D eigenvalue weighted by Gasteiger charge is -2.35. The van der Waals surface area contributed by atoms with Gasteiger partial charge in [-0.15, -0.1) is 0 Å². The van der Waals surface area contributed by atoms with Gasteiger partial charge in [-0.3, -0.25) is 11.3 Å². The standard InChI is InChI=1S/C23H27BN2S.CH6N2/c1-4-20-8-10-21(11-9-20)17-26(22-7-5-6-19(2)16-22)27(3)23-12-14-24(18-25)15-13-23;1-3-2/h4-11,16,23H,1,3,12-15,17H2,2H3;3H,2H2,1H3. The highest BCUT2D eigenvalue weighted by molar-refractivity contribution is 8.15. The second kappa shape index (κ2) is 12.4. The average molecular weight is 420 g/mol. The number of nitrogens with two attached hydrogens (primary N) is 1. The molecule has 0 saturated carbocycles. The summed E-state index contributed by atoms with van der Waals surface area (Å²) in [7, 11) is 1.53. The minimum atomic E-state index is -0.124. The lowest BCUT2D eigenvalue weighted by molar-refractivity contribution is 0.743. The van der Waals surface area contributed by atoms with Gasteiger partial charge < -0.3 is 4.31 Å². The van der Waals surface area contributed by atoms with Gasteiger partial charge in [0.2, 0.25) is 0 Å². The third-order valence-corrected chi connectivity index (χ3v) is 7.50. The summed E-state index contributed by atoms with van der Waals surface area (Å²) < 4.78 is 2.47. The van der Waals surface area contributed by atoms with Gasteiger partial charge in [0.25, 0.3) is 6.71 Å². The average Bonchev–Trinajstić information content (AvgIpc) is 2.78. The molecule has 1 heterocycles. The summed E-state index contributed by atoms with van der Waals surface area (Å²) in [6, 6.07) is 17.3. The van der Waals surface area contributed by atoms with Crippen LogP contribution in [0.3, 0.4) is 0 Å². The van der Waals surface area contributed by atoms with Crippen molar-refractivity contribution >= 4 is 35.0 Å². The third kappa shape index (κ3) is 6.88. The number of nitrogens with zero attached hydrogens (tertiary/aromatic N) is 2. The van der Waals surface area contributed by atoms with Crippen LogP contribution in [0.5, 0.6) is 0 Å². The van der Waals surface area contributed by atoms with Crippen molar-refractivity contribution < 1.29 is 0 Å². The van der Waals surface area contributed by atoms with Crippen LogP contribution < -0.4 is 15.6 Å². The molecule has 0 bridgehead atoms. The van der Waals surface area contributed by atoms with Crippen molar-refractivity contribution in [3.05, 3.63) is 71.8 Å². The molecule has 3 rings (SSSR count). The fourth-order valence-electron chi connectivity index (χ4n) is 3.66. The summed E-state index contributed by atoms with van der Waals surface area (Å²) in [6.07, 6.45) is 6.10. The molecular formula is C24H33BN4S. The number of benzene rings is 2. The van der Waals surface area contributed by atoms with Crippen LogP contribution in [0.25, 0.3) is 6.08 Å². The molecule has 158 valence electrons. The Morgan fingerprint density at radius 3 is 2.43 bits per heavy atom. The van der Waals surface area contributed by atoms with Crippen LogP contribution in [-0.2, 0) is 6.54 Å². The van der Waals surface area contributed by atoms with E-state index in [9.17, 15) is 5.26 Å². The Labute approximate surface area is 184 Å². The normalized spacial score (nSPS) is 14.8. The zero-order valence-electron chi connectivity index (χ0n) is 18.2. The Bertz CT molecular complexity index is 868. The zero-order chi connectivity index (χ0) is 21.9. The SMILES string of the molecule is C=Cc1ccc(CN(c2cccc(C)c2)S(=C)C2CCB(C#N)CC2)cc1.CNN. The molecule has 1 aliphatic rings. The van der Waals surface area contributed by atoms with E-state index >= 15 is 0 Å². The van der Waals surface area contributed by atoms with Gasteiger partial charge in [-0.05, 0) is 55.6 Å². The molecule has 1 aliphatic heterocycles. The first-order valence-corrected chi connectivity index (χ1v) is 11.8. The molecule has 4 nitrogen and oxygen atoms in total. The quantitative estimate of drug-likeness (QED) is 0.297. The monoisotopic (exact) mass is 420 g/mol.